The number of rotatable bonds is 17. The van der Waals surface area contributed by atoms with Crippen molar-refractivity contribution in [3.8, 4) is 5.75 Å². The summed E-state index contributed by atoms with van der Waals surface area (Å²) in [5, 5.41) is 48.9. The summed E-state index contributed by atoms with van der Waals surface area (Å²) in [6, 6.07) is 11.0. The lowest BCUT2D eigenvalue weighted by atomic mass is 9.97. The van der Waals surface area contributed by atoms with Crippen molar-refractivity contribution in [3.05, 3.63) is 84.3 Å². The van der Waals surface area contributed by atoms with E-state index in [1.54, 1.807) is 0 Å². The van der Waals surface area contributed by atoms with E-state index in [1.807, 2.05) is 24.3 Å². The number of hydrogen-bond acceptors (Lipinski definition) is 15. The molecule has 10 atom stereocenters. The van der Waals surface area contributed by atoms with Crippen molar-refractivity contribution < 1.29 is 66.9 Å². The Morgan fingerprint density at radius 2 is 1.69 bits per heavy atom. The molecule has 4 heterocycles. The van der Waals surface area contributed by atoms with Crippen LogP contribution in [0.3, 0.4) is 0 Å². The maximum atomic E-state index is 13.2. The Bertz CT molecular complexity index is 1900. The Morgan fingerprint density at radius 3 is 2.29 bits per heavy atom. The highest BCUT2D eigenvalue weighted by Gasteiger charge is 2.55. The van der Waals surface area contributed by atoms with E-state index in [2.05, 4.69) is 22.1 Å². The van der Waals surface area contributed by atoms with Gasteiger partial charge in [-0.15, -0.1) is 0 Å². The van der Waals surface area contributed by atoms with Crippen LogP contribution in [0.4, 0.5) is 18.9 Å². The molecule has 62 heavy (non-hydrogen) atoms. The monoisotopic (exact) mass is 877 g/mol. The second-order valence-corrected chi connectivity index (χ2v) is 15.7. The number of benzene rings is 2. The second kappa shape index (κ2) is 20.1. The van der Waals surface area contributed by atoms with Crippen LogP contribution < -0.4 is 31.7 Å². The zero-order valence-corrected chi connectivity index (χ0v) is 34.0. The Hall–Kier alpha value is -4.84. The van der Waals surface area contributed by atoms with E-state index < -0.39 is 84.8 Å². The van der Waals surface area contributed by atoms with Crippen molar-refractivity contribution in [1.29, 1.82) is 0 Å². The van der Waals surface area contributed by atoms with Crippen molar-refractivity contribution in [3.63, 3.8) is 0 Å². The number of ether oxygens (including phenoxy) is 4. The molecule has 1 unspecified atom stereocenters. The van der Waals surface area contributed by atoms with E-state index in [1.165, 1.54) is 35.2 Å². The number of halogens is 3. The molecular weight excluding hydrogens is 823 g/mol. The molecule has 0 bridgehead atoms. The van der Waals surface area contributed by atoms with Gasteiger partial charge in [0.2, 0.25) is 11.8 Å². The van der Waals surface area contributed by atoms with Crippen LogP contribution in [0.2, 0.25) is 0 Å². The van der Waals surface area contributed by atoms with Crippen molar-refractivity contribution >= 4 is 23.4 Å². The number of nitrogens with zero attached hydrogens (tertiary/aromatic N) is 3. The largest absolute Gasteiger partial charge is 0.490 e. The Labute approximate surface area is 355 Å². The van der Waals surface area contributed by atoms with Gasteiger partial charge in [-0.2, -0.15) is 13.2 Å². The molecule has 2 aromatic carbocycles. The number of aliphatic hydroxyl groups is 4. The van der Waals surface area contributed by atoms with Gasteiger partial charge in [0.05, 0.1) is 5.56 Å². The molecule has 18 nitrogen and oxygen atoms in total. The molecule has 10 N–H and O–H groups in total. The number of carbonyl (C=O) groups is 3. The van der Waals surface area contributed by atoms with Gasteiger partial charge in [0.25, 0.3) is 5.91 Å². The molecule has 3 fully saturated rings. The van der Waals surface area contributed by atoms with Crippen LogP contribution in [0.25, 0.3) is 0 Å². The fourth-order valence-electron chi connectivity index (χ4n) is 7.94. The van der Waals surface area contributed by atoms with Crippen LogP contribution in [0, 0.1) is 0 Å². The molecular formula is C41H54F3N7O11. The fraction of sp³-hybridized carbons (Fsp3) is 0.537. The van der Waals surface area contributed by atoms with Crippen LogP contribution in [-0.4, -0.2) is 149 Å². The van der Waals surface area contributed by atoms with Gasteiger partial charge in [-0.3, -0.25) is 19.3 Å². The van der Waals surface area contributed by atoms with E-state index in [-0.39, 0.29) is 50.3 Å². The highest BCUT2D eigenvalue weighted by Crippen LogP contribution is 2.35. The second-order valence-electron chi connectivity index (χ2n) is 15.7. The lowest BCUT2D eigenvalue weighted by Crippen LogP contribution is -2.59. The normalized spacial score (nSPS) is 28.0. The van der Waals surface area contributed by atoms with Crippen LogP contribution in [0.1, 0.15) is 36.8 Å². The molecule has 0 radical (unpaired) electrons. The van der Waals surface area contributed by atoms with Gasteiger partial charge in [-0.25, -0.2) is 0 Å². The summed E-state index contributed by atoms with van der Waals surface area (Å²) in [5.41, 5.74) is 12.7. The van der Waals surface area contributed by atoms with E-state index in [4.69, 9.17) is 30.4 Å². The number of nitrogens with one attached hydrogen (secondary N) is 2. The molecule has 4 aliphatic heterocycles. The standard InChI is InChI=1S/C41H54F3N7O11/c1-22-48-30(53)15-19-51(22)39-34(56)33(55)37(61-39)36(62-40-35(57)32(54)28(20-45)60-40)31(38(46)58)49(2)16-3-4-29(52)47-21-23-5-9-25(10-6-23)50-17-13-27(14-18-50)59-26-11-7-24(8-12-26)41(42,43)44/h5-12,15,19,27-28,31-37,39-40,54-57H,1,3-4,13-14,16-18,20-21,45H2,2H3,(H2,46,58)(H,47,52)(H,48,53)/t28-,31+,32-,33?,34-,35-,36+,37+,39-,40+/m1/s1. The molecule has 21 heteroatoms. The van der Waals surface area contributed by atoms with Crippen molar-refractivity contribution in [1.82, 2.24) is 20.4 Å². The molecule has 3 amide bonds. The van der Waals surface area contributed by atoms with Gasteiger partial charge >= 0.3 is 6.18 Å². The molecule has 3 saturated heterocycles. The third kappa shape index (κ3) is 11.0. The summed E-state index contributed by atoms with van der Waals surface area (Å²) >= 11 is 0. The highest BCUT2D eigenvalue weighted by molar-refractivity contribution is 5.89. The van der Waals surface area contributed by atoms with Crippen LogP contribution >= 0.6 is 0 Å². The average molecular weight is 878 g/mol. The van der Waals surface area contributed by atoms with Crippen LogP contribution in [0.15, 0.2) is 73.2 Å². The summed E-state index contributed by atoms with van der Waals surface area (Å²) in [7, 11) is 1.53. The van der Waals surface area contributed by atoms with Crippen molar-refractivity contribution in [2.24, 2.45) is 11.5 Å². The first-order chi connectivity index (χ1) is 29.4. The zero-order chi connectivity index (χ0) is 44.9. The molecule has 0 saturated carbocycles. The zero-order valence-electron chi connectivity index (χ0n) is 34.0. The molecule has 0 spiro atoms. The molecule has 340 valence electrons. The smallest absolute Gasteiger partial charge is 0.416 e. The maximum Gasteiger partial charge on any atom is 0.416 e. The van der Waals surface area contributed by atoms with Crippen LogP contribution in [-0.2, 0) is 41.3 Å². The predicted octanol–water partition coefficient (Wildman–Crippen LogP) is -0.411. The van der Waals surface area contributed by atoms with Gasteiger partial charge in [0.15, 0.2) is 12.5 Å². The topological polar surface area (TPSA) is 255 Å². The third-order valence-corrected chi connectivity index (χ3v) is 11.4. The summed E-state index contributed by atoms with van der Waals surface area (Å²) in [4.78, 5) is 42.9. The van der Waals surface area contributed by atoms with Gasteiger partial charge in [-0.05, 0) is 62.0 Å². The minimum atomic E-state index is -4.41. The summed E-state index contributed by atoms with van der Waals surface area (Å²) in [5.74, 6) is -1.25. The fourth-order valence-corrected chi connectivity index (χ4v) is 7.94. The number of carbonyl (C=O) groups excluding carboxylic acids is 3. The first-order valence-corrected chi connectivity index (χ1v) is 20.2. The lowest BCUT2D eigenvalue weighted by molar-refractivity contribution is -0.232. The Kier molecular flexibility index (Phi) is 15.1. The van der Waals surface area contributed by atoms with Gasteiger partial charge in [0.1, 0.15) is 66.4 Å². The number of piperidine rings is 1. The average Bonchev–Trinajstić information content (AvgIpc) is 3.68. The summed E-state index contributed by atoms with van der Waals surface area (Å²) < 4.78 is 62.4. The first-order valence-electron chi connectivity index (χ1n) is 20.2. The van der Waals surface area contributed by atoms with Crippen molar-refractivity contribution in [2.45, 2.75) is 106 Å². The van der Waals surface area contributed by atoms with E-state index in [0.29, 0.717) is 31.7 Å². The Balaban J connectivity index is 1.01. The van der Waals surface area contributed by atoms with Gasteiger partial charge < -0.3 is 71.3 Å². The number of aliphatic hydroxyl groups excluding tert-OH is 4. The molecule has 4 aliphatic rings. The number of primary amides is 1. The number of anilines is 1. The minimum Gasteiger partial charge on any atom is -0.490 e. The van der Waals surface area contributed by atoms with Gasteiger partial charge in [0, 0.05) is 63.4 Å². The first kappa shape index (κ1) is 46.7. The third-order valence-electron chi connectivity index (χ3n) is 11.4. The molecule has 0 aliphatic carbocycles. The number of alkyl halides is 3. The molecule has 6 rings (SSSR count). The van der Waals surface area contributed by atoms with E-state index in [0.717, 1.165) is 29.5 Å². The highest BCUT2D eigenvalue weighted by atomic mass is 19.4. The summed E-state index contributed by atoms with van der Waals surface area (Å²) in [6.07, 6.45) is -13.7. The number of nitrogens with two attached hydrogens (primary N) is 2. The Morgan fingerprint density at radius 1 is 1.02 bits per heavy atom. The number of likely N-dealkylation sites (N-methyl/N-ethyl adjacent to an activating group) is 1. The van der Waals surface area contributed by atoms with Gasteiger partial charge in [-0.1, -0.05) is 18.7 Å². The minimum absolute atomic E-state index is 0.0391. The number of hydrogen-bond donors (Lipinski definition) is 8. The number of amides is 3. The maximum absolute atomic E-state index is 13.2. The SMILES string of the molecule is C=C1NC(=O)C=CN1[C@@H]1O[C@H]([C@@H](O[C@@H]2O[C@H](CN)[C@@H](O)[C@H]2O)[C@@H](C(N)=O)N(C)CCCC(=O)NCc2ccc(N3CCC(Oc4ccc(C(F)(F)F)cc4)CC3)cc2)C(O)[C@H]1O. The summed E-state index contributed by atoms with van der Waals surface area (Å²) in [6.45, 7) is 5.32. The predicted molar refractivity (Wildman–Crippen MR) is 214 cm³/mol. The quantitative estimate of drug-likeness (QED) is 0.101. The van der Waals surface area contributed by atoms with Crippen LogP contribution in [0.5, 0.6) is 5.75 Å². The van der Waals surface area contributed by atoms with Crippen molar-refractivity contribution in [2.75, 3.05) is 38.1 Å². The van der Waals surface area contributed by atoms with E-state index in [9.17, 15) is 48.0 Å². The lowest BCUT2D eigenvalue weighted by Gasteiger charge is -2.38. The molecule has 2 aromatic rings. The van der Waals surface area contributed by atoms with E-state index >= 15 is 0 Å². The molecule has 0 aromatic heterocycles.